The lowest BCUT2D eigenvalue weighted by Gasteiger charge is -2.47. The van der Waals surface area contributed by atoms with E-state index < -0.39 is 0 Å². The number of nitrogens with one attached hydrogen (secondary N) is 1. The summed E-state index contributed by atoms with van der Waals surface area (Å²) in [5, 5.41) is 3.33. The minimum Gasteiger partial charge on any atom is -0.497 e. The van der Waals surface area contributed by atoms with Crippen molar-refractivity contribution in [3.05, 3.63) is 29.8 Å². The molecule has 0 amide bonds. The standard InChI is InChI=1S/C14H21NO/c1-11-8-14(9-11,10-15-2)12-5-4-6-13(7-12)16-3/h4-7,11,15H,8-10H2,1-3H3. The number of hydrogen-bond donors (Lipinski definition) is 1. The Morgan fingerprint density at radius 1 is 1.44 bits per heavy atom. The van der Waals surface area contributed by atoms with Crippen molar-refractivity contribution >= 4 is 0 Å². The van der Waals surface area contributed by atoms with Crippen LogP contribution in [0.15, 0.2) is 24.3 Å². The molecule has 0 bridgehead atoms. The normalized spacial score (nSPS) is 28.6. The molecule has 0 radical (unpaired) electrons. The van der Waals surface area contributed by atoms with Crippen LogP contribution in [0.4, 0.5) is 0 Å². The Morgan fingerprint density at radius 2 is 2.19 bits per heavy atom. The van der Waals surface area contributed by atoms with E-state index in [-0.39, 0.29) is 0 Å². The smallest absolute Gasteiger partial charge is 0.119 e. The second-order valence-electron chi connectivity index (χ2n) is 5.06. The van der Waals surface area contributed by atoms with Crippen LogP contribution in [0.3, 0.4) is 0 Å². The van der Waals surface area contributed by atoms with Gasteiger partial charge in [-0.3, -0.25) is 0 Å². The molecule has 0 saturated heterocycles. The Balaban J connectivity index is 2.25. The van der Waals surface area contributed by atoms with E-state index in [1.807, 2.05) is 13.1 Å². The SMILES string of the molecule is CNCC1(c2cccc(OC)c2)CC(C)C1. The maximum Gasteiger partial charge on any atom is 0.119 e. The van der Waals surface area contributed by atoms with Crippen LogP contribution in [-0.2, 0) is 5.41 Å². The van der Waals surface area contributed by atoms with E-state index in [2.05, 4.69) is 30.4 Å². The van der Waals surface area contributed by atoms with Gasteiger partial charge in [-0.1, -0.05) is 19.1 Å². The third-order valence-corrected chi connectivity index (χ3v) is 3.68. The van der Waals surface area contributed by atoms with E-state index in [0.717, 1.165) is 18.2 Å². The Bertz CT molecular complexity index is 350. The molecule has 1 fully saturated rings. The number of rotatable bonds is 4. The molecule has 2 heteroatoms. The Kier molecular flexibility index (Phi) is 3.20. The first-order chi connectivity index (χ1) is 7.70. The highest BCUT2D eigenvalue weighted by Crippen LogP contribution is 2.47. The summed E-state index contributed by atoms with van der Waals surface area (Å²) in [4.78, 5) is 0. The van der Waals surface area contributed by atoms with Gasteiger partial charge in [-0.15, -0.1) is 0 Å². The van der Waals surface area contributed by atoms with E-state index in [0.29, 0.717) is 5.41 Å². The average molecular weight is 219 g/mol. The van der Waals surface area contributed by atoms with E-state index in [1.54, 1.807) is 7.11 Å². The predicted octanol–water partition coefficient (Wildman–Crippen LogP) is 2.58. The van der Waals surface area contributed by atoms with Crippen molar-refractivity contribution in [2.45, 2.75) is 25.2 Å². The summed E-state index contributed by atoms with van der Waals surface area (Å²) >= 11 is 0. The first-order valence-electron chi connectivity index (χ1n) is 5.99. The molecule has 0 heterocycles. The van der Waals surface area contributed by atoms with E-state index in [1.165, 1.54) is 18.4 Å². The van der Waals surface area contributed by atoms with Crippen molar-refractivity contribution in [1.29, 1.82) is 0 Å². The van der Waals surface area contributed by atoms with Crippen LogP contribution in [0.5, 0.6) is 5.75 Å². The van der Waals surface area contributed by atoms with Gasteiger partial charge in [0.2, 0.25) is 0 Å². The van der Waals surface area contributed by atoms with Gasteiger partial charge in [-0.2, -0.15) is 0 Å². The molecule has 2 nitrogen and oxygen atoms in total. The molecule has 1 aromatic carbocycles. The van der Waals surface area contributed by atoms with Crippen LogP contribution in [0, 0.1) is 5.92 Å². The highest BCUT2D eigenvalue weighted by Gasteiger charge is 2.42. The Hall–Kier alpha value is -1.02. The van der Waals surface area contributed by atoms with E-state index in [4.69, 9.17) is 4.74 Å². The van der Waals surface area contributed by atoms with Gasteiger partial charge in [-0.25, -0.2) is 0 Å². The molecule has 1 aliphatic carbocycles. The highest BCUT2D eigenvalue weighted by atomic mass is 16.5. The van der Waals surface area contributed by atoms with Crippen molar-refractivity contribution < 1.29 is 4.74 Å². The van der Waals surface area contributed by atoms with Crippen molar-refractivity contribution in [1.82, 2.24) is 5.32 Å². The zero-order valence-corrected chi connectivity index (χ0v) is 10.4. The van der Waals surface area contributed by atoms with Gasteiger partial charge in [0.1, 0.15) is 5.75 Å². The van der Waals surface area contributed by atoms with Crippen molar-refractivity contribution in [3.8, 4) is 5.75 Å². The number of likely N-dealkylation sites (N-methyl/N-ethyl adjacent to an activating group) is 1. The topological polar surface area (TPSA) is 21.3 Å². The molecule has 1 aromatic rings. The number of benzene rings is 1. The van der Waals surface area contributed by atoms with Gasteiger partial charge in [-0.05, 0) is 43.5 Å². The van der Waals surface area contributed by atoms with E-state index >= 15 is 0 Å². The van der Waals surface area contributed by atoms with Crippen molar-refractivity contribution in [2.24, 2.45) is 5.92 Å². The Morgan fingerprint density at radius 3 is 2.75 bits per heavy atom. The van der Waals surface area contributed by atoms with Crippen LogP contribution in [0.2, 0.25) is 0 Å². The van der Waals surface area contributed by atoms with E-state index in [9.17, 15) is 0 Å². The largest absolute Gasteiger partial charge is 0.497 e. The molecule has 1 saturated carbocycles. The molecule has 0 aromatic heterocycles. The van der Waals surface area contributed by atoms with Gasteiger partial charge in [0, 0.05) is 12.0 Å². The fourth-order valence-electron chi connectivity index (χ4n) is 3.05. The summed E-state index contributed by atoms with van der Waals surface area (Å²) < 4.78 is 5.30. The molecule has 16 heavy (non-hydrogen) atoms. The van der Waals surface area contributed by atoms with Gasteiger partial charge in [0.15, 0.2) is 0 Å². The molecule has 88 valence electrons. The summed E-state index contributed by atoms with van der Waals surface area (Å²) in [5.74, 6) is 1.81. The van der Waals surface area contributed by atoms with Gasteiger partial charge in [0.05, 0.1) is 7.11 Å². The lowest BCUT2D eigenvalue weighted by molar-refractivity contribution is 0.155. The third-order valence-electron chi connectivity index (χ3n) is 3.68. The molecular formula is C14H21NO. The van der Waals surface area contributed by atoms with Crippen LogP contribution < -0.4 is 10.1 Å². The summed E-state index contributed by atoms with van der Waals surface area (Å²) in [6.07, 6.45) is 2.56. The second kappa shape index (κ2) is 4.46. The first kappa shape index (κ1) is 11.5. The third kappa shape index (κ3) is 1.94. The molecule has 2 rings (SSSR count). The van der Waals surface area contributed by atoms with Gasteiger partial charge >= 0.3 is 0 Å². The summed E-state index contributed by atoms with van der Waals surface area (Å²) in [6, 6.07) is 8.52. The fraction of sp³-hybridized carbons (Fsp3) is 0.571. The minimum atomic E-state index is 0.336. The molecule has 0 spiro atoms. The lowest BCUT2D eigenvalue weighted by atomic mass is 9.59. The zero-order valence-electron chi connectivity index (χ0n) is 10.4. The molecular weight excluding hydrogens is 198 g/mol. The Labute approximate surface area is 98.0 Å². The quantitative estimate of drug-likeness (QED) is 0.840. The monoisotopic (exact) mass is 219 g/mol. The average Bonchev–Trinajstić information content (AvgIpc) is 2.27. The summed E-state index contributed by atoms with van der Waals surface area (Å²) in [5.41, 5.74) is 1.75. The minimum absolute atomic E-state index is 0.336. The number of hydrogen-bond acceptors (Lipinski definition) is 2. The van der Waals surface area contributed by atoms with Crippen LogP contribution in [-0.4, -0.2) is 20.7 Å². The molecule has 1 aliphatic rings. The van der Waals surface area contributed by atoms with Crippen LogP contribution in [0.1, 0.15) is 25.3 Å². The maximum atomic E-state index is 5.30. The highest BCUT2D eigenvalue weighted by molar-refractivity contribution is 5.36. The zero-order chi connectivity index (χ0) is 11.6. The van der Waals surface area contributed by atoms with Crippen LogP contribution in [0.25, 0.3) is 0 Å². The summed E-state index contributed by atoms with van der Waals surface area (Å²) in [7, 11) is 3.76. The fourth-order valence-corrected chi connectivity index (χ4v) is 3.05. The molecule has 0 aliphatic heterocycles. The van der Waals surface area contributed by atoms with Gasteiger partial charge < -0.3 is 10.1 Å². The van der Waals surface area contributed by atoms with Gasteiger partial charge in [0.25, 0.3) is 0 Å². The first-order valence-corrected chi connectivity index (χ1v) is 5.99. The summed E-state index contributed by atoms with van der Waals surface area (Å²) in [6.45, 7) is 3.39. The van der Waals surface area contributed by atoms with Crippen LogP contribution >= 0.6 is 0 Å². The molecule has 0 atom stereocenters. The second-order valence-corrected chi connectivity index (χ2v) is 5.06. The van der Waals surface area contributed by atoms with Crippen molar-refractivity contribution in [2.75, 3.05) is 20.7 Å². The molecule has 0 unspecified atom stereocenters. The molecule has 1 N–H and O–H groups in total. The lowest BCUT2D eigenvalue weighted by Crippen LogP contribution is -2.47. The predicted molar refractivity (Wildman–Crippen MR) is 67.0 cm³/mol. The maximum absolute atomic E-state index is 5.30. The number of methoxy groups -OCH3 is 1. The number of ether oxygens (including phenoxy) is 1. The van der Waals surface area contributed by atoms with Crippen molar-refractivity contribution in [3.63, 3.8) is 0 Å².